The lowest BCUT2D eigenvalue weighted by atomic mass is 10.3. The summed E-state index contributed by atoms with van der Waals surface area (Å²) in [5, 5.41) is 0. The molecule has 0 bridgehead atoms. The van der Waals surface area contributed by atoms with Crippen LogP contribution in [0, 0.1) is 0 Å². The van der Waals surface area contributed by atoms with E-state index >= 15 is 0 Å². The van der Waals surface area contributed by atoms with Gasteiger partial charge in [0.15, 0.2) is 0 Å². The van der Waals surface area contributed by atoms with Crippen molar-refractivity contribution in [1.82, 2.24) is 3.53 Å². The first-order valence-electron chi connectivity index (χ1n) is 4.27. The van der Waals surface area contributed by atoms with E-state index in [1.165, 1.54) is 0 Å². The fourth-order valence-corrected chi connectivity index (χ4v) is 1.06. The predicted molar refractivity (Wildman–Crippen MR) is 58.7 cm³/mol. The molecule has 78 valence electrons. The van der Waals surface area contributed by atoms with Crippen molar-refractivity contribution < 1.29 is 14.3 Å². The second-order valence-corrected chi connectivity index (χ2v) is 3.12. The van der Waals surface area contributed by atoms with Gasteiger partial charge in [0.05, 0.1) is 22.9 Å². The summed E-state index contributed by atoms with van der Waals surface area (Å²) >= 11 is 1.84. The minimum absolute atomic E-state index is 0.0566. The highest BCUT2D eigenvalue weighted by molar-refractivity contribution is 14.1. The molecule has 0 aliphatic rings. The third-order valence-electron chi connectivity index (χ3n) is 1.44. The molecule has 0 rings (SSSR count). The lowest BCUT2D eigenvalue weighted by Crippen LogP contribution is -2.12. The van der Waals surface area contributed by atoms with Gasteiger partial charge in [-0.1, -0.05) is 0 Å². The number of rotatable bonds is 8. The molecule has 0 saturated heterocycles. The molecule has 0 fully saturated rings. The van der Waals surface area contributed by atoms with E-state index in [-0.39, 0.29) is 5.91 Å². The van der Waals surface area contributed by atoms with Crippen LogP contribution in [0.5, 0.6) is 0 Å². The summed E-state index contributed by atoms with van der Waals surface area (Å²) in [4.78, 5) is 10.8. The van der Waals surface area contributed by atoms with Crippen LogP contribution in [0.25, 0.3) is 0 Å². The summed E-state index contributed by atoms with van der Waals surface area (Å²) in [6.45, 7) is 2.09. The van der Waals surface area contributed by atoms with Gasteiger partial charge in [0.1, 0.15) is 0 Å². The Morgan fingerprint density at radius 2 is 2.00 bits per heavy atom. The summed E-state index contributed by atoms with van der Waals surface area (Å²) in [6.07, 6.45) is 2.23. The van der Waals surface area contributed by atoms with Crippen molar-refractivity contribution in [3.05, 3.63) is 0 Å². The number of halogens is 1. The van der Waals surface area contributed by atoms with Crippen molar-refractivity contribution in [2.75, 3.05) is 26.9 Å². The second kappa shape index (κ2) is 10.2. The smallest absolute Gasteiger partial charge is 0.228 e. The molecular formula is C8H16INO3. The maximum absolute atomic E-state index is 10.8. The van der Waals surface area contributed by atoms with Crippen LogP contribution >= 0.6 is 22.9 Å². The predicted octanol–water partition coefficient (Wildman–Crippen LogP) is 1.29. The van der Waals surface area contributed by atoms with E-state index in [1.807, 2.05) is 22.9 Å². The normalized spacial score (nSPS) is 10.0. The summed E-state index contributed by atoms with van der Waals surface area (Å²) in [7, 11) is 1.67. The van der Waals surface area contributed by atoms with Crippen molar-refractivity contribution in [1.29, 1.82) is 0 Å². The summed E-state index contributed by atoms with van der Waals surface area (Å²) in [5.41, 5.74) is 0. The van der Waals surface area contributed by atoms with E-state index in [0.717, 1.165) is 19.4 Å². The second-order valence-electron chi connectivity index (χ2n) is 2.58. The number of ether oxygens (including phenoxy) is 2. The van der Waals surface area contributed by atoms with Crippen LogP contribution < -0.4 is 3.53 Å². The fraction of sp³-hybridized carbons (Fsp3) is 0.875. The highest BCUT2D eigenvalue weighted by atomic mass is 127. The van der Waals surface area contributed by atoms with E-state index in [1.54, 1.807) is 7.11 Å². The number of hydrogen-bond acceptors (Lipinski definition) is 3. The first-order chi connectivity index (χ1) is 6.31. The van der Waals surface area contributed by atoms with Crippen LogP contribution in [-0.4, -0.2) is 32.8 Å². The van der Waals surface area contributed by atoms with Crippen LogP contribution in [0.1, 0.15) is 19.3 Å². The van der Waals surface area contributed by atoms with Gasteiger partial charge in [0.25, 0.3) is 0 Å². The molecule has 0 saturated carbocycles. The number of carbonyl (C=O) groups is 1. The van der Waals surface area contributed by atoms with E-state index in [9.17, 15) is 4.79 Å². The summed E-state index contributed by atoms with van der Waals surface area (Å²) in [5.74, 6) is 0.0566. The number of amides is 1. The molecule has 0 atom stereocenters. The highest BCUT2D eigenvalue weighted by Crippen LogP contribution is 1.92. The molecule has 0 aromatic carbocycles. The van der Waals surface area contributed by atoms with Gasteiger partial charge in [0.2, 0.25) is 5.91 Å². The van der Waals surface area contributed by atoms with Crippen LogP contribution in [0.15, 0.2) is 0 Å². The molecule has 0 aliphatic carbocycles. The summed E-state index contributed by atoms with van der Waals surface area (Å²) in [6, 6.07) is 0. The zero-order valence-electron chi connectivity index (χ0n) is 7.85. The van der Waals surface area contributed by atoms with Crippen molar-refractivity contribution in [3.63, 3.8) is 0 Å². The molecule has 0 aromatic rings. The lowest BCUT2D eigenvalue weighted by Gasteiger charge is -2.02. The Kier molecular flexibility index (Phi) is 10.3. The molecule has 0 aliphatic heterocycles. The molecule has 0 unspecified atom stereocenters. The highest BCUT2D eigenvalue weighted by Gasteiger charge is 1.97. The maximum Gasteiger partial charge on any atom is 0.228 e. The van der Waals surface area contributed by atoms with Gasteiger partial charge < -0.3 is 9.47 Å². The van der Waals surface area contributed by atoms with Gasteiger partial charge in [-0.25, -0.2) is 0 Å². The molecule has 0 spiro atoms. The Hall–Kier alpha value is 0.120. The largest absolute Gasteiger partial charge is 0.385 e. The number of hydrogen-bond donors (Lipinski definition) is 1. The van der Waals surface area contributed by atoms with E-state index < -0.39 is 0 Å². The Morgan fingerprint density at radius 3 is 2.62 bits per heavy atom. The van der Waals surface area contributed by atoms with Gasteiger partial charge in [-0.3, -0.25) is 8.32 Å². The Bertz CT molecular complexity index is 133. The molecule has 1 N–H and O–H groups in total. The zero-order chi connectivity index (χ0) is 9.94. The average Bonchev–Trinajstić information content (AvgIpc) is 2.16. The number of methoxy groups -OCH3 is 1. The zero-order valence-corrected chi connectivity index (χ0v) is 10.0. The van der Waals surface area contributed by atoms with Crippen molar-refractivity contribution in [2.24, 2.45) is 0 Å². The van der Waals surface area contributed by atoms with Crippen molar-refractivity contribution in [3.8, 4) is 0 Å². The third-order valence-corrected chi connectivity index (χ3v) is 2.04. The average molecular weight is 301 g/mol. The topological polar surface area (TPSA) is 47.6 Å². The molecule has 4 nitrogen and oxygen atoms in total. The minimum atomic E-state index is 0.0566. The molecule has 0 heterocycles. The molecule has 1 amide bonds. The number of carbonyl (C=O) groups excluding carboxylic acids is 1. The molecule has 13 heavy (non-hydrogen) atoms. The standard InChI is InChI=1S/C8H16INO3/c1-12-5-3-7-13-6-2-4-8(11)10-9/h2-7H2,1H3,(H,10,11). The molecular weight excluding hydrogens is 285 g/mol. The van der Waals surface area contributed by atoms with Crippen LogP contribution in [0.4, 0.5) is 0 Å². The van der Waals surface area contributed by atoms with E-state index in [4.69, 9.17) is 9.47 Å². The lowest BCUT2D eigenvalue weighted by molar-refractivity contribution is -0.119. The van der Waals surface area contributed by atoms with Crippen LogP contribution in [-0.2, 0) is 14.3 Å². The quantitative estimate of drug-likeness (QED) is 0.417. The molecule has 0 radical (unpaired) electrons. The van der Waals surface area contributed by atoms with Crippen molar-refractivity contribution in [2.45, 2.75) is 19.3 Å². The Balaban J connectivity index is 2.95. The van der Waals surface area contributed by atoms with Gasteiger partial charge in [0, 0.05) is 33.4 Å². The fourth-order valence-electron chi connectivity index (χ4n) is 0.789. The Labute approximate surface area is 92.9 Å². The monoisotopic (exact) mass is 301 g/mol. The SMILES string of the molecule is COCCCOCCCC(=O)NI. The molecule has 0 aromatic heterocycles. The van der Waals surface area contributed by atoms with Crippen LogP contribution in [0.3, 0.4) is 0 Å². The van der Waals surface area contributed by atoms with Gasteiger partial charge in [-0.15, -0.1) is 0 Å². The van der Waals surface area contributed by atoms with Gasteiger partial charge in [-0.05, 0) is 12.8 Å². The minimum Gasteiger partial charge on any atom is -0.385 e. The van der Waals surface area contributed by atoms with Crippen molar-refractivity contribution >= 4 is 28.8 Å². The number of nitrogens with one attached hydrogen (secondary N) is 1. The first-order valence-corrected chi connectivity index (χ1v) is 5.35. The summed E-state index contributed by atoms with van der Waals surface area (Å²) < 4.78 is 12.7. The van der Waals surface area contributed by atoms with E-state index in [0.29, 0.717) is 19.6 Å². The Morgan fingerprint density at radius 1 is 1.31 bits per heavy atom. The van der Waals surface area contributed by atoms with Gasteiger partial charge in [-0.2, -0.15) is 0 Å². The molecule has 5 heteroatoms. The van der Waals surface area contributed by atoms with Crippen LogP contribution in [0.2, 0.25) is 0 Å². The maximum atomic E-state index is 10.8. The third kappa shape index (κ3) is 10.0. The van der Waals surface area contributed by atoms with Gasteiger partial charge >= 0.3 is 0 Å². The first kappa shape index (κ1) is 13.1. The van der Waals surface area contributed by atoms with E-state index in [2.05, 4.69) is 3.53 Å².